The van der Waals surface area contributed by atoms with Crippen molar-refractivity contribution in [3.8, 4) is 5.75 Å². The van der Waals surface area contributed by atoms with E-state index in [4.69, 9.17) is 4.74 Å². The average Bonchev–Trinajstić information content (AvgIpc) is 2.34. The van der Waals surface area contributed by atoms with Crippen LogP contribution in [0.3, 0.4) is 0 Å². The third kappa shape index (κ3) is 4.06. The molecule has 0 saturated heterocycles. The lowest BCUT2D eigenvalue weighted by molar-refractivity contribution is -0.165. The summed E-state index contributed by atoms with van der Waals surface area (Å²) in [6, 6.07) is 6.48. The first-order valence-corrected chi connectivity index (χ1v) is 5.51. The lowest BCUT2D eigenvalue weighted by Crippen LogP contribution is -2.22. The highest BCUT2D eigenvalue weighted by molar-refractivity contribution is 9.12. The third-order valence-electron chi connectivity index (χ3n) is 1.93. The zero-order valence-electron chi connectivity index (χ0n) is 9.22. The van der Waals surface area contributed by atoms with Gasteiger partial charge in [0.05, 0.1) is 11.6 Å². The summed E-state index contributed by atoms with van der Waals surface area (Å²) >= 11 is 2.57. The zero-order valence-corrected chi connectivity index (χ0v) is 10.8. The highest BCUT2D eigenvalue weighted by Gasteiger charge is 2.39. The lowest BCUT2D eigenvalue weighted by atomic mass is 10.3. The number of anilines is 1. The molecule has 0 bridgehead atoms. The SMILES string of the molecule is COc1ccc(NC=C(Br)C(=O)C(F)(F)F)cc1. The van der Waals surface area contributed by atoms with Crippen molar-refractivity contribution >= 4 is 27.4 Å². The van der Waals surface area contributed by atoms with Gasteiger partial charge in [0, 0.05) is 11.9 Å². The summed E-state index contributed by atoms with van der Waals surface area (Å²) in [7, 11) is 1.50. The molecule has 0 heterocycles. The topological polar surface area (TPSA) is 38.3 Å². The Morgan fingerprint density at radius 2 is 1.89 bits per heavy atom. The van der Waals surface area contributed by atoms with E-state index < -0.39 is 16.4 Å². The molecule has 0 fully saturated rings. The van der Waals surface area contributed by atoms with Crippen LogP contribution >= 0.6 is 15.9 Å². The van der Waals surface area contributed by atoms with E-state index in [2.05, 4.69) is 21.2 Å². The first kappa shape index (κ1) is 14.6. The second kappa shape index (κ2) is 5.90. The maximum Gasteiger partial charge on any atom is 0.455 e. The maximum absolute atomic E-state index is 12.1. The summed E-state index contributed by atoms with van der Waals surface area (Å²) in [6.45, 7) is 0. The van der Waals surface area contributed by atoms with Gasteiger partial charge in [-0.1, -0.05) is 0 Å². The number of hydrogen-bond acceptors (Lipinski definition) is 3. The molecule has 0 atom stereocenters. The van der Waals surface area contributed by atoms with E-state index in [0.29, 0.717) is 11.4 Å². The molecule has 0 aliphatic carbocycles. The van der Waals surface area contributed by atoms with E-state index in [9.17, 15) is 18.0 Å². The number of benzene rings is 1. The van der Waals surface area contributed by atoms with Crippen molar-refractivity contribution in [2.45, 2.75) is 6.18 Å². The van der Waals surface area contributed by atoms with Gasteiger partial charge in [-0.25, -0.2) is 0 Å². The van der Waals surface area contributed by atoms with Gasteiger partial charge in [-0.3, -0.25) is 4.79 Å². The highest BCUT2D eigenvalue weighted by Crippen LogP contribution is 2.24. The van der Waals surface area contributed by atoms with Gasteiger partial charge in [0.1, 0.15) is 5.75 Å². The van der Waals surface area contributed by atoms with Crippen molar-refractivity contribution in [3.63, 3.8) is 0 Å². The van der Waals surface area contributed by atoms with Crippen LogP contribution in [0.15, 0.2) is 34.9 Å². The Hall–Kier alpha value is -1.50. The smallest absolute Gasteiger partial charge is 0.455 e. The number of nitrogens with one attached hydrogen (secondary N) is 1. The fourth-order valence-electron chi connectivity index (χ4n) is 1.03. The van der Waals surface area contributed by atoms with Crippen molar-refractivity contribution < 1.29 is 22.7 Å². The van der Waals surface area contributed by atoms with Gasteiger partial charge in [0.2, 0.25) is 0 Å². The molecule has 1 rings (SSSR count). The van der Waals surface area contributed by atoms with Crippen LogP contribution in [-0.2, 0) is 4.79 Å². The van der Waals surface area contributed by atoms with Gasteiger partial charge in [0.15, 0.2) is 0 Å². The first-order chi connectivity index (χ1) is 8.34. The molecule has 0 saturated carbocycles. The van der Waals surface area contributed by atoms with Crippen molar-refractivity contribution in [1.29, 1.82) is 0 Å². The first-order valence-electron chi connectivity index (χ1n) is 4.72. The van der Waals surface area contributed by atoms with E-state index in [1.807, 2.05) is 0 Å². The second-order valence-corrected chi connectivity index (χ2v) is 4.05. The number of alkyl halides is 3. The Morgan fingerprint density at radius 1 is 1.33 bits per heavy atom. The lowest BCUT2D eigenvalue weighted by Gasteiger charge is -2.06. The molecule has 0 aliphatic heterocycles. The molecule has 0 amide bonds. The highest BCUT2D eigenvalue weighted by atomic mass is 79.9. The van der Waals surface area contributed by atoms with Gasteiger partial charge >= 0.3 is 6.18 Å². The quantitative estimate of drug-likeness (QED) is 0.862. The fraction of sp³-hybridized carbons (Fsp3) is 0.182. The van der Waals surface area contributed by atoms with Crippen LogP contribution in [0.4, 0.5) is 18.9 Å². The van der Waals surface area contributed by atoms with E-state index >= 15 is 0 Å². The molecular formula is C11H9BrF3NO2. The van der Waals surface area contributed by atoms with E-state index in [0.717, 1.165) is 6.20 Å². The molecule has 1 N–H and O–H groups in total. The molecule has 1 aromatic rings. The number of ether oxygens (including phenoxy) is 1. The minimum absolute atomic E-state index is 0.530. The molecule has 18 heavy (non-hydrogen) atoms. The Labute approximate surface area is 110 Å². The Morgan fingerprint density at radius 3 is 2.33 bits per heavy atom. The average molecular weight is 324 g/mol. The molecule has 98 valence electrons. The number of ketones is 1. The van der Waals surface area contributed by atoms with Crippen LogP contribution in [0.1, 0.15) is 0 Å². The van der Waals surface area contributed by atoms with Crippen molar-refractivity contribution in [2.75, 3.05) is 12.4 Å². The van der Waals surface area contributed by atoms with E-state index in [-0.39, 0.29) is 0 Å². The largest absolute Gasteiger partial charge is 0.497 e. The van der Waals surface area contributed by atoms with Gasteiger partial charge in [-0.2, -0.15) is 13.2 Å². The van der Waals surface area contributed by atoms with Crippen molar-refractivity contribution in [1.82, 2.24) is 0 Å². The van der Waals surface area contributed by atoms with Crippen LogP contribution in [-0.4, -0.2) is 19.1 Å². The summed E-state index contributed by atoms with van der Waals surface area (Å²) in [5.41, 5.74) is 0.530. The van der Waals surface area contributed by atoms with Crippen LogP contribution in [0, 0.1) is 0 Å². The van der Waals surface area contributed by atoms with Gasteiger partial charge < -0.3 is 10.1 Å². The van der Waals surface area contributed by atoms with Gasteiger partial charge in [0.25, 0.3) is 5.78 Å². The fourth-order valence-corrected chi connectivity index (χ4v) is 1.37. The minimum Gasteiger partial charge on any atom is -0.497 e. The predicted molar refractivity (Wildman–Crippen MR) is 64.7 cm³/mol. The summed E-state index contributed by atoms with van der Waals surface area (Å²) < 4.78 is 40.5. The summed E-state index contributed by atoms with van der Waals surface area (Å²) in [6.07, 6.45) is -3.95. The number of Topliss-reactive ketones (excluding diaryl/α,β-unsaturated/α-hetero) is 1. The van der Waals surface area contributed by atoms with Gasteiger partial charge in [-0.05, 0) is 40.2 Å². The van der Waals surface area contributed by atoms with Crippen LogP contribution in [0.5, 0.6) is 5.75 Å². The number of rotatable bonds is 4. The van der Waals surface area contributed by atoms with Crippen LogP contribution in [0.25, 0.3) is 0 Å². The third-order valence-corrected chi connectivity index (χ3v) is 2.52. The number of halogens is 4. The number of carbonyl (C=O) groups excluding carboxylic acids is 1. The number of allylic oxidation sites excluding steroid dienone is 1. The van der Waals surface area contributed by atoms with E-state index in [1.165, 1.54) is 7.11 Å². The van der Waals surface area contributed by atoms with Crippen LogP contribution < -0.4 is 10.1 Å². The standard InChI is InChI=1S/C11H9BrF3NO2/c1-18-8-4-2-7(3-5-8)16-6-9(12)10(17)11(13,14)15/h2-6,16H,1H3. The Balaban J connectivity index is 2.71. The minimum atomic E-state index is -4.89. The monoisotopic (exact) mass is 323 g/mol. The molecule has 0 unspecified atom stereocenters. The molecule has 0 spiro atoms. The van der Waals surface area contributed by atoms with Crippen molar-refractivity contribution in [2.24, 2.45) is 0 Å². The molecular weight excluding hydrogens is 315 g/mol. The maximum atomic E-state index is 12.1. The summed E-state index contributed by atoms with van der Waals surface area (Å²) in [5.74, 6) is -1.32. The molecule has 7 heteroatoms. The zero-order chi connectivity index (χ0) is 13.8. The normalized spacial score (nSPS) is 12.2. The number of methoxy groups -OCH3 is 1. The molecule has 0 radical (unpaired) electrons. The van der Waals surface area contributed by atoms with Gasteiger partial charge in [-0.15, -0.1) is 0 Å². The second-order valence-electron chi connectivity index (χ2n) is 3.19. The number of carbonyl (C=O) groups is 1. The molecule has 0 aliphatic rings. The molecule has 0 aromatic heterocycles. The number of hydrogen-bond donors (Lipinski definition) is 1. The predicted octanol–water partition coefficient (Wildman–Crippen LogP) is 3.47. The summed E-state index contributed by atoms with van der Waals surface area (Å²) in [5, 5.41) is 2.56. The van der Waals surface area contributed by atoms with Crippen LogP contribution in [0.2, 0.25) is 0 Å². The Bertz CT molecular complexity index is 454. The molecule has 3 nitrogen and oxygen atoms in total. The van der Waals surface area contributed by atoms with E-state index in [1.54, 1.807) is 24.3 Å². The van der Waals surface area contributed by atoms with Crippen molar-refractivity contribution in [3.05, 3.63) is 34.9 Å². The Kier molecular flexibility index (Phi) is 4.77. The molecule has 1 aromatic carbocycles. The summed E-state index contributed by atoms with van der Waals surface area (Å²) in [4.78, 5) is 10.8.